The molecule has 0 amide bonds. The number of nitrogens with one attached hydrogen (secondary N) is 2. The Morgan fingerprint density at radius 3 is 2.05 bits per heavy atom. The predicted octanol–water partition coefficient (Wildman–Crippen LogP) is -0.928. The smallest absolute Gasteiger partial charge is 0.386 e. The van der Waals surface area contributed by atoms with Gasteiger partial charge in [0.05, 0.1) is 19.3 Å². The first-order chi connectivity index (χ1) is 17.4. The van der Waals surface area contributed by atoms with Crippen LogP contribution in [0.25, 0.3) is 0 Å². The molecule has 0 radical (unpaired) electrons. The first kappa shape index (κ1) is 27.7. The number of aliphatic hydroxyl groups is 2. The predicted molar refractivity (Wildman–Crippen MR) is 130 cm³/mol. The fraction of sp³-hybridized carbons (Fsp3) is 0.600. The first-order valence-electron chi connectivity index (χ1n) is 11.3. The van der Waals surface area contributed by atoms with Gasteiger partial charge in [0.2, 0.25) is 0 Å². The Hall–Kier alpha value is -2.30. The van der Waals surface area contributed by atoms with Crippen molar-refractivity contribution in [1.29, 1.82) is 0 Å². The second-order valence-corrected chi connectivity index (χ2v) is 11.7. The molecule has 4 rings (SSSR count). The van der Waals surface area contributed by atoms with E-state index in [1.807, 2.05) is 0 Å². The Kier molecular flexibility index (Phi) is 8.11. The van der Waals surface area contributed by atoms with Crippen molar-refractivity contribution in [3.63, 3.8) is 0 Å². The summed E-state index contributed by atoms with van der Waals surface area (Å²) in [6, 6.07) is 0. The van der Waals surface area contributed by atoms with Crippen LogP contribution in [0.5, 0.6) is 0 Å². The van der Waals surface area contributed by atoms with Gasteiger partial charge in [-0.15, -0.1) is 0 Å². The Bertz CT molecular complexity index is 1430. The molecule has 204 valence electrons. The molecule has 7 atom stereocenters. The molecule has 0 saturated carbocycles. The summed E-state index contributed by atoms with van der Waals surface area (Å²) < 4.78 is 37.3. The van der Waals surface area contributed by atoms with E-state index in [9.17, 15) is 34.0 Å². The van der Waals surface area contributed by atoms with Crippen LogP contribution in [0, 0.1) is 13.8 Å². The van der Waals surface area contributed by atoms with Crippen molar-refractivity contribution >= 4 is 19.0 Å². The molecular formula is C20H27N4O11PS. The van der Waals surface area contributed by atoms with Crippen molar-refractivity contribution in [2.24, 2.45) is 0 Å². The fourth-order valence-electron chi connectivity index (χ4n) is 4.15. The number of hydrogen-bond donors (Lipinski definition) is 5. The summed E-state index contributed by atoms with van der Waals surface area (Å²) in [5.74, 6) is 0. The molecule has 0 aliphatic carbocycles. The zero-order valence-corrected chi connectivity index (χ0v) is 21.6. The molecular weight excluding hydrogens is 535 g/mol. The van der Waals surface area contributed by atoms with Gasteiger partial charge in [0.25, 0.3) is 11.1 Å². The third-order valence-electron chi connectivity index (χ3n) is 6.15. The van der Waals surface area contributed by atoms with E-state index in [1.165, 1.54) is 26.2 Å². The number of ether oxygens (including phenoxy) is 2. The molecule has 2 fully saturated rings. The summed E-state index contributed by atoms with van der Waals surface area (Å²) in [4.78, 5) is 51.8. The van der Waals surface area contributed by atoms with Gasteiger partial charge < -0.3 is 19.7 Å². The zero-order valence-electron chi connectivity index (χ0n) is 19.8. The molecule has 4 N–H and O–H groups in total. The molecule has 0 bridgehead atoms. The number of aromatic amines is 2. The average molecular weight is 562 g/mol. The lowest BCUT2D eigenvalue weighted by Gasteiger charge is -2.22. The second-order valence-electron chi connectivity index (χ2n) is 8.85. The van der Waals surface area contributed by atoms with E-state index < -0.39 is 79.4 Å². The number of hydrogen-bond acceptors (Lipinski definition) is 11. The maximum atomic E-state index is 12.9. The van der Waals surface area contributed by atoms with Crippen molar-refractivity contribution in [2.75, 3.05) is 13.2 Å². The standard InChI is InChI=1S/C20H27N4O11PS/c1-9-5-23(19(29)21-17(9)27)15-3-11(26)14(34-15)8-32-36(31,37)35-12-4-16(33-13(12)7-25)24-6-10(2)18(28)22-20(24)30/h5-6,11-16,25-26H,3-4,7-8H2,1-2H3,(H,31,37)(H,21,27,29)(H,22,28,30)/t11?,12?,13-,14-,15-,16-,36+/m1/s1. The van der Waals surface area contributed by atoms with Gasteiger partial charge in [0.1, 0.15) is 30.8 Å². The lowest BCUT2D eigenvalue weighted by Crippen LogP contribution is -2.33. The quantitative estimate of drug-likeness (QED) is 0.196. The van der Waals surface area contributed by atoms with Gasteiger partial charge in [-0.1, -0.05) is 12.2 Å². The van der Waals surface area contributed by atoms with Crippen LogP contribution in [0.4, 0.5) is 0 Å². The molecule has 2 aromatic rings. The van der Waals surface area contributed by atoms with Crippen LogP contribution in [-0.4, -0.2) is 66.9 Å². The molecule has 2 saturated heterocycles. The molecule has 0 aromatic carbocycles. The summed E-state index contributed by atoms with van der Waals surface area (Å²) in [6.45, 7) is -1.99. The van der Waals surface area contributed by atoms with E-state index in [2.05, 4.69) is 22.2 Å². The Labute approximate surface area is 213 Å². The van der Waals surface area contributed by atoms with Gasteiger partial charge in [-0.25, -0.2) is 14.2 Å². The van der Waals surface area contributed by atoms with E-state index in [1.54, 1.807) is 0 Å². The largest absolute Gasteiger partial charge is 0.394 e. The number of aliphatic hydroxyl groups excluding tert-OH is 2. The van der Waals surface area contributed by atoms with Crippen molar-refractivity contribution in [3.8, 4) is 0 Å². The average Bonchev–Trinajstić information content (AvgIpc) is 3.39. The van der Waals surface area contributed by atoms with Crippen LogP contribution < -0.4 is 22.5 Å². The highest BCUT2D eigenvalue weighted by atomic mass is 32.7. The minimum atomic E-state index is -4.08. The monoisotopic (exact) mass is 562 g/mol. The number of H-pyrrole nitrogens is 2. The summed E-state index contributed by atoms with van der Waals surface area (Å²) in [7, 11) is 0. The van der Waals surface area contributed by atoms with Crippen molar-refractivity contribution < 1.29 is 33.3 Å². The lowest BCUT2D eigenvalue weighted by atomic mass is 10.2. The van der Waals surface area contributed by atoms with E-state index >= 15 is 0 Å². The van der Waals surface area contributed by atoms with Crippen LogP contribution in [0.3, 0.4) is 0 Å². The Morgan fingerprint density at radius 2 is 1.51 bits per heavy atom. The highest BCUT2D eigenvalue weighted by Crippen LogP contribution is 2.56. The SMILES string of the molecule is Cc1cn([C@H]2CC(O)[C@@H](CO[P@](=O)(S)OC3C[C@H](n4cc(C)c(=O)[nH]c4=O)O[C@@H]3CO)O2)c(=O)[nH]c1=O. The molecule has 2 aliphatic heterocycles. The highest BCUT2D eigenvalue weighted by molar-refractivity contribution is 8.44. The molecule has 2 aromatic heterocycles. The van der Waals surface area contributed by atoms with Gasteiger partial charge >= 0.3 is 18.2 Å². The summed E-state index contributed by atoms with van der Waals surface area (Å²) >= 11 is 3.97. The molecule has 2 aliphatic rings. The second kappa shape index (κ2) is 10.8. The zero-order chi connectivity index (χ0) is 27.1. The van der Waals surface area contributed by atoms with E-state index in [-0.39, 0.29) is 24.0 Å². The van der Waals surface area contributed by atoms with Gasteiger partial charge in [-0.2, -0.15) is 0 Å². The van der Waals surface area contributed by atoms with Crippen molar-refractivity contribution in [2.45, 2.75) is 63.6 Å². The normalized spacial score (nSPS) is 29.4. The molecule has 0 spiro atoms. The maximum Gasteiger partial charge on any atom is 0.386 e. The molecule has 17 heteroatoms. The molecule has 15 nitrogen and oxygen atoms in total. The minimum absolute atomic E-state index is 0.00914. The first-order valence-corrected chi connectivity index (χ1v) is 14.0. The number of aryl methyl sites for hydroxylation is 2. The number of thiol groups is 1. The summed E-state index contributed by atoms with van der Waals surface area (Å²) in [5.41, 5.74) is -1.96. The third kappa shape index (κ3) is 6.07. The minimum Gasteiger partial charge on any atom is -0.394 e. The Balaban J connectivity index is 1.39. The Morgan fingerprint density at radius 1 is 1.00 bits per heavy atom. The van der Waals surface area contributed by atoms with Crippen LogP contribution in [-0.2, 0) is 23.1 Å². The van der Waals surface area contributed by atoms with E-state index in [4.69, 9.17) is 18.5 Å². The topological polar surface area (TPSA) is 204 Å². The van der Waals surface area contributed by atoms with Gasteiger partial charge in [-0.3, -0.25) is 37.7 Å². The lowest BCUT2D eigenvalue weighted by molar-refractivity contribution is -0.0510. The molecule has 2 unspecified atom stereocenters. The van der Waals surface area contributed by atoms with Gasteiger partial charge in [0, 0.05) is 36.4 Å². The molecule has 4 heterocycles. The molecule has 37 heavy (non-hydrogen) atoms. The summed E-state index contributed by atoms with van der Waals surface area (Å²) in [5, 5.41) is 20.1. The maximum absolute atomic E-state index is 12.9. The summed E-state index contributed by atoms with van der Waals surface area (Å²) in [6.07, 6.45) is -3.22. The highest BCUT2D eigenvalue weighted by Gasteiger charge is 2.42. The number of nitrogens with zero attached hydrogens (tertiary/aromatic N) is 2. The van der Waals surface area contributed by atoms with Crippen molar-refractivity contribution in [3.05, 3.63) is 65.2 Å². The van der Waals surface area contributed by atoms with Crippen LogP contribution in [0.1, 0.15) is 36.4 Å². The van der Waals surface area contributed by atoms with Crippen LogP contribution in [0.15, 0.2) is 31.6 Å². The van der Waals surface area contributed by atoms with Crippen molar-refractivity contribution in [1.82, 2.24) is 19.1 Å². The number of rotatable bonds is 8. The van der Waals surface area contributed by atoms with Gasteiger partial charge in [0.15, 0.2) is 0 Å². The van der Waals surface area contributed by atoms with Crippen LogP contribution >= 0.6 is 19.0 Å². The van der Waals surface area contributed by atoms with E-state index in [0.717, 1.165) is 9.13 Å². The van der Waals surface area contributed by atoms with E-state index in [0.29, 0.717) is 0 Å². The van der Waals surface area contributed by atoms with Gasteiger partial charge in [-0.05, 0) is 13.8 Å². The van der Waals surface area contributed by atoms with Crippen LogP contribution in [0.2, 0.25) is 0 Å². The fourth-order valence-corrected chi connectivity index (χ4v) is 5.67. The number of aromatic nitrogens is 4. The third-order valence-corrected chi connectivity index (χ3v) is 7.79.